The van der Waals surface area contributed by atoms with E-state index >= 15 is 0 Å². The average molecular weight is 462 g/mol. The van der Waals surface area contributed by atoms with E-state index in [1.165, 1.54) is 28.3 Å². The lowest BCUT2D eigenvalue weighted by atomic mass is 10.0. The van der Waals surface area contributed by atoms with E-state index in [1.807, 2.05) is 0 Å². The zero-order chi connectivity index (χ0) is 22.2. The third kappa shape index (κ3) is 3.38. The summed E-state index contributed by atoms with van der Waals surface area (Å²) in [6, 6.07) is 17.0. The number of nitrogens with zero attached hydrogens (tertiary/aromatic N) is 5. The van der Waals surface area contributed by atoms with Crippen molar-refractivity contribution in [2.24, 2.45) is 0 Å². The average Bonchev–Trinajstić information content (AvgIpc) is 3.53. The van der Waals surface area contributed by atoms with Gasteiger partial charge in [0.15, 0.2) is 17.5 Å². The molecule has 0 aliphatic rings. The van der Waals surface area contributed by atoms with Gasteiger partial charge in [-0.1, -0.05) is 23.7 Å². The fraction of sp³-hybridized carbons (Fsp3) is 0.0435. The van der Waals surface area contributed by atoms with Crippen molar-refractivity contribution in [3.8, 4) is 17.6 Å². The van der Waals surface area contributed by atoms with Gasteiger partial charge in [-0.05, 0) is 42.5 Å². The van der Waals surface area contributed by atoms with Crippen LogP contribution < -0.4 is 0 Å². The molecule has 1 unspecified atom stereocenters. The number of Topliss-reactive ketones (excluding diaryl/α,β-unsaturated/α-hetero) is 1. The molecule has 0 N–H and O–H groups in total. The Kier molecular flexibility index (Phi) is 5.05. The summed E-state index contributed by atoms with van der Waals surface area (Å²) in [5.74, 6) is -1.75. The Balaban J connectivity index is 1.64. The van der Waals surface area contributed by atoms with Crippen LogP contribution in [0, 0.1) is 17.1 Å². The molecule has 156 valence electrons. The maximum absolute atomic E-state index is 14.5. The van der Waals surface area contributed by atoms with E-state index in [2.05, 4.69) is 16.2 Å². The smallest absolute Gasteiger partial charge is 0.192 e. The molecule has 0 aliphatic carbocycles. The first-order valence-electron chi connectivity index (χ1n) is 9.53. The van der Waals surface area contributed by atoms with Crippen LogP contribution in [0.1, 0.15) is 21.3 Å². The maximum atomic E-state index is 14.5. The molecule has 1 atom stereocenters. The van der Waals surface area contributed by atoms with Gasteiger partial charge in [0.1, 0.15) is 16.5 Å². The Morgan fingerprint density at radius 3 is 2.69 bits per heavy atom. The van der Waals surface area contributed by atoms with Crippen LogP contribution in [-0.2, 0) is 0 Å². The molecule has 0 aliphatic heterocycles. The second kappa shape index (κ2) is 8.04. The van der Waals surface area contributed by atoms with Gasteiger partial charge in [0, 0.05) is 17.4 Å². The number of thiazole rings is 1. The standard InChI is InChI=1S/C23H13ClFN5OS/c24-14-7-8-20-18(11-14)28-22(32-20)15(12-26)21(31)16-13-27-30(19-6-2-1-5-17(19)25)23(16)29-9-3-4-10-29/h1-11,13,15H. The fourth-order valence-corrected chi connectivity index (χ4v) is 4.62. The molecule has 6 nitrogen and oxygen atoms in total. The molecule has 5 rings (SSSR count). The number of ketones is 1. The van der Waals surface area contributed by atoms with Gasteiger partial charge in [-0.15, -0.1) is 11.3 Å². The summed E-state index contributed by atoms with van der Waals surface area (Å²) in [6.45, 7) is 0. The van der Waals surface area contributed by atoms with Crippen molar-refractivity contribution in [3.05, 3.63) is 94.6 Å². The van der Waals surface area contributed by atoms with Crippen LogP contribution in [0.5, 0.6) is 0 Å². The van der Waals surface area contributed by atoms with Gasteiger partial charge >= 0.3 is 0 Å². The minimum atomic E-state index is -1.14. The van der Waals surface area contributed by atoms with Crippen molar-refractivity contribution < 1.29 is 9.18 Å². The molecule has 0 spiro atoms. The molecule has 9 heteroatoms. The SMILES string of the molecule is N#CC(C(=O)c1cnn(-c2ccccc2F)c1-n1cccc1)c1nc2cc(Cl)ccc2s1. The van der Waals surface area contributed by atoms with Crippen molar-refractivity contribution in [3.63, 3.8) is 0 Å². The Morgan fingerprint density at radius 2 is 1.94 bits per heavy atom. The van der Waals surface area contributed by atoms with Gasteiger partial charge < -0.3 is 4.57 Å². The molecule has 3 aromatic heterocycles. The zero-order valence-electron chi connectivity index (χ0n) is 16.3. The van der Waals surface area contributed by atoms with Gasteiger partial charge in [-0.2, -0.15) is 10.4 Å². The summed E-state index contributed by atoms with van der Waals surface area (Å²) in [4.78, 5) is 18.0. The molecule has 0 bridgehead atoms. The van der Waals surface area contributed by atoms with Crippen LogP contribution in [-0.4, -0.2) is 25.1 Å². The lowest BCUT2D eigenvalue weighted by molar-refractivity contribution is 0.0979. The number of rotatable bonds is 5. The number of benzene rings is 2. The molecule has 2 aromatic carbocycles. The summed E-state index contributed by atoms with van der Waals surface area (Å²) in [5.41, 5.74) is 1.00. The highest BCUT2D eigenvalue weighted by atomic mass is 35.5. The number of aromatic nitrogens is 4. The van der Waals surface area contributed by atoms with E-state index < -0.39 is 17.5 Å². The van der Waals surface area contributed by atoms with Gasteiger partial charge in [0.25, 0.3) is 0 Å². The normalized spacial score (nSPS) is 12.0. The van der Waals surface area contributed by atoms with Crippen molar-refractivity contribution in [1.29, 1.82) is 5.26 Å². The van der Waals surface area contributed by atoms with Gasteiger partial charge in [0.05, 0.1) is 28.0 Å². The number of hydrogen-bond acceptors (Lipinski definition) is 5. The maximum Gasteiger partial charge on any atom is 0.192 e. The second-order valence-electron chi connectivity index (χ2n) is 6.93. The molecular weight excluding hydrogens is 449 g/mol. The molecule has 32 heavy (non-hydrogen) atoms. The van der Waals surface area contributed by atoms with Crippen molar-refractivity contribution in [1.82, 2.24) is 19.3 Å². The monoisotopic (exact) mass is 461 g/mol. The molecule has 0 fully saturated rings. The van der Waals surface area contributed by atoms with Crippen LogP contribution >= 0.6 is 22.9 Å². The summed E-state index contributed by atoms with van der Waals surface area (Å²) in [5, 5.41) is 15.0. The van der Waals surface area contributed by atoms with Crippen LogP contribution in [0.25, 0.3) is 21.7 Å². The Bertz CT molecular complexity index is 1500. The van der Waals surface area contributed by atoms with Crippen LogP contribution in [0.3, 0.4) is 0 Å². The fourth-order valence-electron chi connectivity index (χ4n) is 3.46. The van der Waals surface area contributed by atoms with Gasteiger partial charge in [-0.25, -0.2) is 14.1 Å². The molecule has 3 heterocycles. The largest absolute Gasteiger partial charge is 0.308 e. The predicted molar refractivity (Wildman–Crippen MR) is 120 cm³/mol. The summed E-state index contributed by atoms with van der Waals surface area (Å²) >= 11 is 7.30. The number of hydrogen-bond donors (Lipinski definition) is 0. The molecule has 0 saturated heterocycles. The van der Waals surface area contributed by atoms with E-state index in [-0.39, 0.29) is 11.3 Å². The number of carbonyl (C=O) groups is 1. The number of carbonyl (C=O) groups excluding carboxylic acids is 1. The summed E-state index contributed by atoms with van der Waals surface area (Å²) in [6.07, 6.45) is 4.82. The zero-order valence-corrected chi connectivity index (χ0v) is 17.9. The topological polar surface area (TPSA) is 76.5 Å². The summed E-state index contributed by atoms with van der Waals surface area (Å²) < 4.78 is 18.4. The third-order valence-electron chi connectivity index (χ3n) is 4.94. The van der Waals surface area contributed by atoms with Crippen molar-refractivity contribution in [2.75, 3.05) is 0 Å². The van der Waals surface area contributed by atoms with Crippen LogP contribution in [0.15, 0.2) is 73.2 Å². The number of halogens is 2. The van der Waals surface area contributed by atoms with E-state index in [4.69, 9.17) is 11.6 Å². The lowest BCUT2D eigenvalue weighted by Crippen LogP contribution is -2.15. The first-order valence-corrected chi connectivity index (χ1v) is 10.7. The second-order valence-corrected chi connectivity index (χ2v) is 8.42. The van der Waals surface area contributed by atoms with E-state index in [0.717, 1.165) is 4.70 Å². The third-order valence-corrected chi connectivity index (χ3v) is 6.28. The molecule has 0 saturated carbocycles. The molecular formula is C23H13ClFN5OS. The van der Waals surface area contributed by atoms with Crippen LogP contribution in [0.2, 0.25) is 5.02 Å². The molecule has 5 aromatic rings. The number of para-hydroxylation sites is 1. The molecule has 0 amide bonds. The highest BCUT2D eigenvalue weighted by Gasteiger charge is 2.30. The van der Waals surface area contributed by atoms with Gasteiger partial charge in [0.2, 0.25) is 0 Å². The van der Waals surface area contributed by atoms with E-state index in [0.29, 0.717) is 21.4 Å². The highest BCUT2D eigenvalue weighted by molar-refractivity contribution is 7.18. The predicted octanol–water partition coefficient (Wildman–Crippen LogP) is 5.56. The minimum Gasteiger partial charge on any atom is -0.308 e. The first kappa shape index (κ1) is 20.1. The van der Waals surface area contributed by atoms with Gasteiger partial charge in [-0.3, -0.25) is 4.79 Å². The van der Waals surface area contributed by atoms with Crippen molar-refractivity contribution in [2.45, 2.75) is 5.92 Å². The van der Waals surface area contributed by atoms with E-state index in [9.17, 15) is 14.4 Å². The number of nitriles is 1. The lowest BCUT2D eigenvalue weighted by Gasteiger charge is -2.12. The number of fused-ring (bicyclic) bond motifs is 1. The summed E-state index contributed by atoms with van der Waals surface area (Å²) in [7, 11) is 0. The van der Waals surface area contributed by atoms with Crippen LogP contribution in [0.4, 0.5) is 4.39 Å². The van der Waals surface area contributed by atoms with E-state index in [1.54, 1.807) is 65.5 Å². The molecule has 0 radical (unpaired) electrons. The first-order chi connectivity index (χ1) is 15.6. The van der Waals surface area contributed by atoms with Crippen molar-refractivity contribution >= 4 is 38.9 Å². The Labute approximate surface area is 190 Å². The minimum absolute atomic E-state index is 0.188. The Morgan fingerprint density at radius 1 is 1.16 bits per heavy atom. The Hall–Kier alpha value is -3.80. The quantitative estimate of drug-likeness (QED) is 0.321. The highest BCUT2D eigenvalue weighted by Crippen LogP contribution is 2.32.